The molecule has 0 bridgehead atoms. The number of hydrogen-bond acceptors (Lipinski definition) is 3. The van der Waals surface area contributed by atoms with E-state index in [0.29, 0.717) is 30.5 Å². The first-order chi connectivity index (χ1) is 10.5. The highest BCUT2D eigenvalue weighted by molar-refractivity contribution is 7.09. The van der Waals surface area contributed by atoms with Crippen LogP contribution in [0, 0.1) is 0 Å². The summed E-state index contributed by atoms with van der Waals surface area (Å²) in [5, 5.41) is 7.70. The fraction of sp³-hybridized carbons (Fsp3) is 0.571. The Bertz CT molecular complexity index is 495. The Morgan fingerprint density at radius 1 is 1.41 bits per heavy atom. The van der Waals surface area contributed by atoms with E-state index in [2.05, 4.69) is 20.6 Å². The van der Waals surface area contributed by atoms with Crippen molar-refractivity contribution in [1.82, 2.24) is 15.6 Å². The van der Waals surface area contributed by atoms with E-state index in [1.807, 2.05) is 26.0 Å². The lowest BCUT2D eigenvalue weighted by Gasteiger charge is -2.10. The SMILES string of the molecule is C/C=C/CCN=C(NCC)NCCc1nc(C(F)(F)F)cs1. The van der Waals surface area contributed by atoms with Crippen LogP contribution in [0.3, 0.4) is 0 Å². The molecule has 22 heavy (non-hydrogen) atoms. The summed E-state index contributed by atoms with van der Waals surface area (Å²) in [6.07, 6.45) is 0.914. The smallest absolute Gasteiger partial charge is 0.357 e. The van der Waals surface area contributed by atoms with Crippen molar-refractivity contribution < 1.29 is 13.2 Å². The largest absolute Gasteiger partial charge is 0.434 e. The van der Waals surface area contributed by atoms with E-state index in [4.69, 9.17) is 0 Å². The second kappa shape index (κ2) is 9.45. The lowest BCUT2D eigenvalue weighted by Crippen LogP contribution is -2.38. The molecule has 4 nitrogen and oxygen atoms in total. The fourth-order valence-electron chi connectivity index (χ4n) is 1.60. The lowest BCUT2D eigenvalue weighted by molar-refractivity contribution is -0.140. The Kier molecular flexibility index (Phi) is 7.94. The Labute approximate surface area is 132 Å². The van der Waals surface area contributed by atoms with Gasteiger partial charge in [-0.2, -0.15) is 13.2 Å². The van der Waals surface area contributed by atoms with Gasteiger partial charge in [-0.15, -0.1) is 11.3 Å². The molecule has 0 radical (unpaired) electrons. The van der Waals surface area contributed by atoms with Gasteiger partial charge in [0, 0.05) is 31.4 Å². The Morgan fingerprint density at radius 2 is 2.18 bits per heavy atom. The average Bonchev–Trinajstić information content (AvgIpc) is 2.92. The van der Waals surface area contributed by atoms with Crippen LogP contribution in [0.5, 0.6) is 0 Å². The fourth-order valence-corrected chi connectivity index (χ4v) is 2.41. The summed E-state index contributed by atoms with van der Waals surface area (Å²) in [5.74, 6) is 0.666. The van der Waals surface area contributed by atoms with Gasteiger partial charge in [-0.05, 0) is 20.3 Å². The van der Waals surface area contributed by atoms with E-state index < -0.39 is 11.9 Å². The van der Waals surface area contributed by atoms with Crippen molar-refractivity contribution in [3.05, 3.63) is 28.2 Å². The standard InChI is InChI=1S/C14H21F3N4S/c1-3-5-6-8-19-13(18-4-2)20-9-7-12-21-11(10-22-12)14(15,16)17/h3,5,10H,4,6-9H2,1-2H3,(H2,18,19,20)/b5-3+. The van der Waals surface area contributed by atoms with Gasteiger partial charge in [0.05, 0.1) is 5.01 Å². The molecule has 0 amide bonds. The first kappa shape index (κ1) is 18.5. The molecule has 0 aliphatic carbocycles. The van der Waals surface area contributed by atoms with Crippen molar-refractivity contribution in [3.8, 4) is 0 Å². The first-order valence-electron chi connectivity index (χ1n) is 7.12. The quantitative estimate of drug-likeness (QED) is 0.348. The Hall–Kier alpha value is -1.57. The molecule has 0 unspecified atom stereocenters. The van der Waals surface area contributed by atoms with Crippen molar-refractivity contribution in [1.29, 1.82) is 0 Å². The van der Waals surface area contributed by atoms with Gasteiger partial charge in [-0.3, -0.25) is 4.99 Å². The minimum absolute atomic E-state index is 0.431. The molecule has 0 saturated carbocycles. The van der Waals surface area contributed by atoms with Crippen molar-refractivity contribution in [3.63, 3.8) is 0 Å². The minimum Gasteiger partial charge on any atom is -0.357 e. The van der Waals surface area contributed by atoms with E-state index >= 15 is 0 Å². The molecule has 0 saturated heterocycles. The maximum Gasteiger partial charge on any atom is 0.434 e. The zero-order valence-electron chi connectivity index (χ0n) is 12.7. The number of aliphatic imine (C=N–C) groups is 1. The number of nitrogens with zero attached hydrogens (tertiary/aromatic N) is 2. The van der Waals surface area contributed by atoms with Crippen LogP contribution in [-0.2, 0) is 12.6 Å². The van der Waals surface area contributed by atoms with Gasteiger partial charge in [0.25, 0.3) is 0 Å². The molecule has 0 aliphatic heterocycles. The number of alkyl halides is 3. The van der Waals surface area contributed by atoms with Crippen molar-refractivity contribution in [2.45, 2.75) is 32.9 Å². The highest BCUT2D eigenvalue weighted by Gasteiger charge is 2.33. The molecule has 1 rings (SSSR count). The van der Waals surface area contributed by atoms with Gasteiger partial charge in [-0.25, -0.2) is 4.98 Å². The van der Waals surface area contributed by atoms with Gasteiger partial charge in [0.2, 0.25) is 0 Å². The zero-order chi connectivity index (χ0) is 16.4. The zero-order valence-corrected chi connectivity index (χ0v) is 13.5. The molecule has 1 heterocycles. The predicted molar refractivity (Wildman–Crippen MR) is 84.2 cm³/mol. The van der Waals surface area contributed by atoms with Crippen LogP contribution in [0.4, 0.5) is 13.2 Å². The number of guanidine groups is 1. The topological polar surface area (TPSA) is 49.3 Å². The third-order valence-corrected chi connectivity index (χ3v) is 3.53. The monoisotopic (exact) mass is 334 g/mol. The minimum atomic E-state index is -4.37. The van der Waals surface area contributed by atoms with Gasteiger partial charge in [-0.1, -0.05) is 12.2 Å². The molecule has 124 valence electrons. The second-order valence-corrected chi connectivity index (χ2v) is 5.36. The van der Waals surface area contributed by atoms with E-state index in [-0.39, 0.29) is 0 Å². The molecule has 8 heteroatoms. The predicted octanol–water partition coefficient (Wildman–Crippen LogP) is 3.23. The number of thiazole rings is 1. The third kappa shape index (κ3) is 6.93. The van der Waals surface area contributed by atoms with Gasteiger partial charge < -0.3 is 10.6 Å². The summed E-state index contributed by atoms with van der Waals surface area (Å²) in [6, 6.07) is 0. The summed E-state index contributed by atoms with van der Waals surface area (Å²) < 4.78 is 37.3. The number of nitrogens with one attached hydrogen (secondary N) is 2. The lowest BCUT2D eigenvalue weighted by atomic mass is 10.4. The molecule has 1 aromatic rings. The Balaban J connectivity index is 2.43. The highest BCUT2D eigenvalue weighted by Crippen LogP contribution is 2.29. The third-order valence-electron chi connectivity index (χ3n) is 2.62. The molecule has 2 N–H and O–H groups in total. The molecular weight excluding hydrogens is 313 g/mol. The molecular formula is C14H21F3N4S. The highest BCUT2D eigenvalue weighted by atomic mass is 32.1. The number of rotatable bonds is 7. The van der Waals surface area contributed by atoms with Crippen molar-refractivity contribution >= 4 is 17.3 Å². The average molecular weight is 334 g/mol. The summed E-state index contributed by atoms with van der Waals surface area (Å²) >= 11 is 1.03. The second-order valence-electron chi connectivity index (χ2n) is 4.42. The Morgan fingerprint density at radius 3 is 2.77 bits per heavy atom. The number of hydrogen-bond donors (Lipinski definition) is 2. The maximum atomic E-state index is 12.4. The van der Waals surface area contributed by atoms with Crippen LogP contribution < -0.4 is 10.6 Å². The van der Waals surface area contributed by atoms with Gasteiger partial charge >= 0.3 is 6.18 Å². The molecule has 1 aromatic heterocycles. The van der Waals surface area contributed by atoms with Crippen molar-refractivity contribution in [2.24, 2.45) is 4.99 Å². The molecule has 0 fully saturated rings. The van der Waals surface area contributed by atoms with E-state index in [1.54, 1.807) is 0 Å². The number of aromatic nitrogens is 1. The van der Waals surface area contributed by atoms with Crippen molar-refractivity contribution in [2.75, 3.05) is 19.6 Å². The summed E-state index contributed by atoms with van der Waals surface area (Å²) in [6.45, 7) is 5.79. The van der Waals surface area contributed by atoms with Crippen LogP contribution in [-0.4, -0.2) is 30.6 Å². The van der Waals surface area contributed by atoms with Crippen LogP contribution in [0.25, 0.3) is 0 Å². The molecule has 0 atom stereocenters. The van der Waals surface area contributed by atoms with E-state index in [9.17, 15) is 13.2 Å². The van der Waals surface area contributed by atoms with Gasteiger partial charge in [0.1, 0.15) is 0 Å². The first-order valence-corrected chi connectivity index (χ1v) is 8.00. The number of allylic oxidation sites excluding steroid dienone is 1. The molecule has 0 aliphatic rings. The summed E-state index contributed by atoms with van der Waals surface area (Å²) in [5.41, 5.74) is -0.820. The van der Waals surface area contributed by atoms with Crippen LogP contribution in [0.1, 0.15) is 31.0 Å². The maximum absolute atomic E-state index is 12.4. The summed E-state index contributed by atoms with van der Waals surface area (Å²) in [4.78, 5) is 7.97. The van der Waals surface area contributed by atoms with Crippen LogP contribution >= 0.6 is 11.3 Å². The van der Waals surface area contributed by atoms with Crippen LogP contribution in [0.2, 0.25) is 0 Å². The van der Waals surface area contributed by atoms with Gasteiger partial charge in [0.15, 0.2) is 11.7 Å². The molecule has 0 spiro atoms. The normalized spacial score (nSPS) is 12.9. The van der Waals surface area contributed by atoms with Crippen LogP contribution in [0.15, 0.2) is 22.5 Å². The van der Waals surface area contributed by atoms with E-state index in [0.717, 1.165) is 29.7 Å². The summed E-state index contributed by atoms with van der Waals surface area (Å²) in [7, 11) is 0. The van der Waals surface area contributed by atoms with E-state index in [1.165, 1.54) is 0 Å². The molecule has 0 aromatic carbocycles. The number of halogens is 3.